The van der Waals surface area contributed by atoms with Gasteiger partial charge in [-0.3, -0.25) is 0 Å². The number of alkyl halides is 3. The Hall–Kier alpha value is 0.0400. The third-order valence-corrected chi connectivity index (χ3v) is 3.93. The van der Waals surface area contributed by atoms with Crippen LogP contribution in [0.3, 0.4) is 0 Å². The second-order valence-corrected chi connectivity index (χ2v) is 4.53. The van der Waals surface area contributed by atoms with Gasteiger partial charge >= 0.3 is 6.18 Å². The zero-order chi connectivity index (χ0) is 10.2. The van der Waals surface area contributed by atoms with E-state index in [1.807, 2.05) is 0 Å². The van der Waals surface area contributed by atoms with Crippen molar-refractivity contribution in [3.05, 3.63) is 0 Å². The summed E-state index contributed by atoms with van der Waals surface area (Å²) in [6.45, 7) is 1.50. The lowest BCUT2D eigenvalue weighted by molar-refractivity contribution is -0.273. The lowest BCUT2D eigenvalue weighted by atomic mass is 9.58. The maximum Gasteiger partial charge on any atom is 0.394 e. The van der Waals surface area contributed by atoms with Crippen molar-refractivity contribution in [3.8, 4) is 0 Å². The molecule has 0 aromatic rings. The van der Waals surface area contributed by atoms with E-state index in [-0.39, 0.29) is 18.3 Å². The lowest BCUT2D eigenvalue weighted by Gasteiger charge is -2.50. The molecule has 2 aliphatic rings. The molecule has 0 aromatic carbocycles. The van der Waals surface area contributed by atoms with Crippen LogP contribution >= 0.6 is 12.4 Å². The van der Waals surface area contributed by atoms with Crippen LogP contribution in [0.4, 0.5) is 13.2 Å². The van der Waals surface area contributed by atoms with Crippen molar-refractivity contribution in [3.63, 3.8) is 0 Å². The van der Waals surface area contributed by atoms with Crippen molar-refractivity contribution in [2.75, 3.05) is 13.1 Å². The van der Waals surface area contributed by atoms with Crippen LogP contribution in [-0.2, 0) is 0 Å². The van der Waals surface area contributed by atoms with Crippen LogP contribution in [0.2, 0.25) is 0 Å². The third kappa shape index (κ3) is 2.11. The zero-order valence-electron chi connectivity index (χ0n) is 8.57. The molecule has 1 saturated heterocycles. The minimum atomic E-state index is -3.98. The van der Waals surface area contributed by atoms with E-state index < -0.39 is 11.6 Å². The molecule has 15 heavy (non-hydrogen) atoms. The van der Waals surface area contributed by atoms with Crippen LogP contribution in [0.1, 0.15) is 32.1 Å². The molecule has 0 spiro atoms. The van der Waals surface area contributed by atoms with Gasteiger partial charge in [-0.1, -0.05) is 6.42 Å². The molecule has 0 aromatic heterocycles. The highest BCUT2D eigenvalue weighted by Gasteiger charge is 2.61. The van der Waals surface area contributed by atoms with Crippen molar-refractivity contribution in [1.82, 2.24) is 5.32 Å². The van der Waals surface area contributed by atoms with Crippen LogP contribution in [0, 0.1) is 11.3 Å². The first-order valence-corrected chi connectivity index (χ1v) is 5.34. The highest BCUT2D eigenvalue weighted by atomic mass is 35.5. The molecule has 1 N–H and O–H groups in total. The van der Waals surface area contributed by atoms with Crippen LogP contribution in [0.15, 0.2) is 0 Å². The topological polar surface area (TPSA) is 12.0 Å². The molecule has 0 amide bonds. The molecule has 0 atom stereocenters. The van der Waals surface area contributed by atoms with E-state index in [0.717, 1.165) is 19.5 Å². The number of hydrogen-bond donors (Lipinski definition) is 1. The van der Waals surface area contributed by atoms with Gasteiger partial charge in [-0.05, 0) is 44.7 Å². The van der Waals surface area contributed by atoms with Gasteiger partial charge in [-0.2, -0.15) is 13.2 Å². The zero-order valence-corrected chi connectivity index (χ0v) is 9.39. The Morgan fingerprint density at radius 2 is 1.60 bits per heavy atom. The van der Waals surface area contributed by atoms with Gasteiger partial charge in [0, 0.05) is 0 Å². The summed E-state index contributed by atoms with van der Waals surface area (Å²) >= 11 is 0. The monoisotopic (exact) mass is 243 g/mol. The fourth-order valence-electron chi connectivity index (χ4n) is 2.86. The summed E-state index contributed by atoms with van der Waals surface area (Å²) in [6.07, 6.45) is -1.11. The van der Waals surface area contributed by atoms with Gasteiger partial charge in [0.25, 0.3) is 0 Å². The molecular weight excluding hydrogens is 227 g/mol. The van der Waals surface area contributed by atoms with Crippen molar-refractivity contribution in [1.29, 1.82) is 0 Å². The maximum atomic E-state index is 12.9. The summed E-state index contributed by atoms with van der Waals surface area (Å²) in [6, 6.07) is 0. The van der Waals surface area contributed by atoms with Gasteiger partial charge in [-0.15, -0.1) is 12.4 Å². The first-order chi connectivity index (χ1) is 6.56. The Labute approximate surface area is 94.2 Å². The van der Waals surface area contributed by atoms with Gasteiger partial charge in [-0.25, -0.2) is 0 Å². The molecular formula is C10H17ClF3N. The molecule has 1 aliphatic carbocycles. The Balaban J connectivity index is 0.00000112. The van der Waals surface area contributed by atoms with Crippen molar-refractivity contribution in [2.45, 2.75) is 38.3 Å². The molecule has 90 valence electrons. The fourth-order valence-corrected chi connectivity index (χ4v) is 2.86. The van der Waals surface area contributed by atoms with Crippen LogP contribution in [0.25, 0.3) is 0 Å². The second kappa shape index (κ2) is 4.50. The highest BCUT2D eigenvalue weighted by Crippen LogP contribution is 2.59. The SMILES string of the molecule is Cl.FC(F)(F)C1(C2CCNCC2)CCC1. The van der Waals surface area contributed by atoms with E-state index in [4.69, 9.17) is 0 Å². The fraction of sp³-hybridized carbons (Fsp3) is 1.00. The van der Waals surface area contributed by atoms with Crippen molar-refractivity contribution in [2.24, 2.45) is 11.3 Å². The predicted molar refractivity (Wildman–Crippen MR) is 55.2 cm³/mol. The van der Waals surface area contributed by atoms with E-state index in [2.05, 4.69) is 5.32 Å². The summed E-state index contributed by atoms with van der Waals surface area (Å²) in [5.74, 6) is -0.127. The lowest BCUT2D eigenvalue weighted by Crippen LogP contribution is -2.52. The molecule has 5 heteroatoms. The van der Waals surface area contributed by atoms with Crippen molar-refractivity contribution < 1.29 is 13.2 Å². The number of rotatable bonds is 1. The molecule has 0 bridgehead atoms. The number of piperidine rings is 1. The average Bonchev–Trinajstić information content (AvgIpc) is 2.01. The van der Waals surface area contributed by atoms with E-state index in [1.54, 1.807) is 0 Å². The Kier molecular flexibility index (Phi) is 3.93. The van der Waals surface area contributed by atoms with Gasteiger partial charge in [0.1, 0.15) is 0 Å². The largest absolute Gasteiger partial charge is 0.394 e. The Morgan fingerprint density at radius 3 is 1.93 bits per heavy atom. The molecule has 1 saturated carbocycles. The molecule has 1 nitrogen and oxygen atoms in total. The summed E-state index contributed by atoms with van der Waals surface area (Å²) in [5.41, 5.74) is -1.31. The summed E-state index contributed by atoms with van der Waals surface area (Å²) in [5, 5.41) is 3.12. The third-order valence-electron chi connectivity index (χ3n) is 3.93. The van der Waals surface area contributed by atoms with Crippen LogP contribution < -0.4 is 5.32 Å². The first kappa shape index (κ1) is 13.1. The summed E-state index contributed by atoms with van der Waals surface area (Å²) < 4.78 is 38.8. The van der Waals surface area contributed by atoms with Gasteiger partial charge in [0.15, 0.2) is 0 Å². The number of hydrogen-bond acceptors (Lipinski definition) is 1. The Morgan fingerprint density at radius 1 is 1.07 bits per heavy atom. The second-order valence-electron chi connectivity index (χ2n) is 4.53. The quantitative estimate of drug-likeness (QED) is 0.746. The van der Waals surface area contributed by atoms with Gasteiger partial charge in [0.05, 0.1) is 5.41 Å². The van der Waals surface area contributed by atoms with E-state index >= 15 is 0 Å². The normalized spacial score (nSPS) is 26.6. The summed E-state index contributed by atoms with van der Waals surface area (Å²) in [7, 11) is 0. The standard InChI is InChI=1S/C10H16F3N.ClH/c11-10(12,13)9(4-1-5-9)8-2-6-14-7-3-8;/h8,14H,1-7H2;1H. The molecule has 1 aliphatic heterocycles. The summed E-state index contributed by atoms with van der Waals surface area (Å²) in [4.78, 5) is 0. The van der Waals surface area contributed by atoms with E-state index in [1.165, 1.54) is 0 Å². The Bertz CT molecular complexity index is 207. The molecule has 2 rings (SSSR count). The minimum Gasteiger partial charge on any atom is -0.317 e. The highest BCUT2D eigenvalue weighted by molar-refractivity contribution is 5.85. The molecule has 0 unspecified atom stereocenters. The average molecular weight is 244 g/mol. The maximum absolute atomic E-state index is 12.9. The number of halogens is 4. The smallest absolute Gasteiger partial charge is 0.317 e. The molecule has 0 radical (unpaired) electrons. The number of nitrogens with one attached hydrogen (secondary N) is 1. The van der Waals surface area contributed by atoms with Crippen LogP contribution in [0.5, 0.6) is 0 Å². The first-order valence-electron chi connectivity index (χ1n) is 5.34. The van der Waals surface area contributed by atoms with Crippen LogP contribution in [-0.4, -0.2) is 19.3 Å². The minimum absolute atomic E-state index is 0. The van der Waals surface area contributed by atoms with Crippen molar-refractivity contribution >= 4 is 12.4 Å². The molecule has 1 heterocycles. The van der Waals surface area contributed by atoms with Gasteiger partial charge in [0.2, 0.25) is 0 Å². The predicted octanol–water partition coefficient (Wildman–Crippen LogP) is 3.14. The van der Waals surface area contributed by atoms with Gasteiger partial charge < -0.3 is 5.32 Å². The van der Waals surface area contributed by atoms with E-state index in [0.29, 0.717) is 25.7 Å². The van der Waals surface area contributed by atoms with E-state index in [9.17, 15) is 13.2 Å². The molecule has 2 fully saturated rings.